The van der Waals surface area contributed by atoms with Crippen LogP contribution in [0.1, 0.15) is 12.0 Å². The van der Waals surface area contributed by atoms with Gasteiger partial charge in [0.1, 0.15) is 0 Å². The molecule has 0 aromatic heterocycles. The van der Waals surface area contributed by atoms with Gasteiger partial charge in [0.05, 0.1) is 5.02 Å². The van der Waals surface area contributed by atoms with Crippen LogP contribution in [-0.2, 0) is 0 Å². The van der Waals surface area contributed by atoms with Crippen LogP contribution in [0.25, 0.3) is 0 Å². The van der Waals surface area contributed by atoms with Crippen LogP contribution >= 0.6 is 27.5 Å². The van der Waals surface area contributed by atoms with Gasteiger partial charge in [0.2, 0.25) is 0 Å². The second kappa shape index (κ2) is 5.75. The number of rotatable bonds is 3. The first kappa shape index (κ1) is 14.1. The molecule has 2 nitrogen and oxygen atoms in total. The summed E-state index contributed by atoms with van der Waals surface area (Å²) in [4.78, 5) is 0. The molecule has 0 unspecified atom stereocenters. The molecule has 100 valence electrons. The monoisotopic (exact) mass is 346 g/mol. The Labute approximate surface area is 122 Å². The number of nitrogens with one attached hydrogen (secondary N) is 1. The third-order valence-electron chi connectivity index (χ3n) is 2.51. The fourth-order valence-corrected chi connectivity index (χ4v) is 2.10. The van der Waals surface area contributed by atoms with Crippen molar-refractivity contribution in [3.63, 3.8) is 0 Å². The molecule has 0 aliphatic rings. The van der Waals surface area contributed by atoms with Crippen LogP contribution < -0.4 is 11.1 Å². The van der Waals surface area contributed by atoms with Gasteiger partial charge in [-0.15, -0.1) is 0 Å². The molecule has 2 aromatic rings. The smallest absolute Gasteiger partial charge is 0.265 e. The number of benzene rings is 2. The zero-order valence-corrected chi connectivity index (χ0v) is 12.0. The van der Waals surface area contributed by atoms with Gasteiger partial charge in [-0.25, -0.2) is 8.78 Å². The molecule has 0 saturated heterocycles. The summed E-state index contributed by atoms with van der Waals surface area (Å²) in [6, 6.07) is 9.45. The van der Waals surface area contributed by atoms with Gasteiger partial charge in [0, 0.05) is 27.1 Å². The molecular formula is C13H10BrClF2N2. The Morgan fingerprint density at radius 3 is 2.53 bits per heavy atom. The molecule has 0 bridgehead atoms. The van der Waals surface area contributed by atoms with E-state index in [0.717, 1.165) is 0 Å². The average Bonchev–Trinajstić information content (AvgIpc) is 2.36. The van der Waals surface area contributed by atoms with Crippen LogP contribution in [0.15, 0.2) is 40.9 Å². The van der Waals surface area contributed by atoms with E-state index in [0.29, 0.717) is 26.6 Å². The van der Waals surface area contributed by atoms with Gasteiger partial charge in [-0.05, 0) is 52.3 Å². The Balaban J connectivity index is 2.35. The summed E-state index contributed by atoms with van der Waals surface area (Å²) >= 11 is 9.15. The van der Waals surface area contributed by atoms with E-state index in [1.807, 2.05) is 0 Å². The quantitative estimate of drug-likeness (QED) is 0.733. The zero-order valence-electron chi connectivity index (χ0n) is 9.63. The van der Waals surface area contributed by atoms with Crippen molar-refractivity contribution in [2.45, 2.75) is 6.43 Å². The third kappa shape index (κ3) is 3.36. The van der Waals surface area contributed by atoms with Crippen molar-refractivity contribution in [2.75, 3.05) is 11.1 Å². The minimum absolute atomic E-state index is 0.133. The van der Waals surface area contributed by atoms with Gasteiger partial charge >= 0.3 is 0 Å². The van der Waals surface area contributed by atoms with E-state index in [2.05, 4.69) is 21.2 Å². The van der Waals surface area contributed by atoms with E-state index < -0.39 is 6.43 Å². The van der Waals surface area contributed by atoms with Gasteiger partial charge in [-0.2, -0.15) is 0 Å². The van der Waals surface area contributed by atoms with Gasteiger partial charge in [-0.3, -0.25) is 0 Å². The second-order valence-corrected chi connectivity index (χ2v) is 5.16. The SMILES string of the molecule is Nc1ccc(Nc2ccc(Cl)c(Br)c2)c(C(F)F)c1. The number of hydrogen-bond donors (Lipinski definition) is 2. The summed E-state index contributed by atoms with van der Waals surface area (Å²) in [5.74, 6) is 0. The summed E-state index contributed by atoms with van der Waals surface area (Å²) in [5.41, 5.74) is 6.66. The number of halogens is 4. The van der Waals surface area contributed by atoms with Crippen molar-refractivity contribution in [3.8, 4) is 0 Å². The van der Waals surface area contributed by atoms with Crippen LogP contribution in [0.4, 0.5) is 25.8 Å². The number of nitrogen functional groups attached to an aromatic ring is 1. The van der Waals surface area contributed by atoms with Gasteiger partial charge in [-0.1, -0.05) is 11.6 Å². The number of anilines is 3. The maximum Gasteiger partial charge on any atom is 0.265 e. The molecule has 2 rings (SSSR count). The van der Waals surface area contributed by atoms with E-state index in [9.17, 15) is 8.78 Å². The lowest BCUT2D eigenvalue weighted by molar-refractivity contribution is 0.152. The summed E-state index contributed by atoms with van der Waals surface area (Å²) < 4.78 is 26.5. The molecule has 6 heteroatoms. The molecular weight excluding hydrogens is 338 g/mol. The van der Waals surface area contributed by atoms with Crippen molar-refractivity contribution in [1.29, 1.82) is 0 Å². The first-order valence-corrected chi connectivity index (χ1v) is 6.54. The number of hydrogen-bond acceptors (Lipinski definition) is 2. The lowest BCUT2D eigenvalue weighted by Crippen LogP contribution is -1.98. The maximum atomic E-state index is 12.9. The van der Waals surface area contributed by atoms with Crippen LogP contribution in [0, 0.1) is 0 Å². The van der Waals surface area contributed by atoms with Crippen LogP contribution in [0.3, 0.4) is 0 Å². The Morgan fingerprint density at radius 1 is 1.16 bits per heavy atom. The predicted octanol–water partition coefficient (Wildman–Crippen LogP) is 5.37. The Hall–Kier alpha value is -1.33. The van der Waals surface area contributed by atoms with Gasteiger partial charge in [0.15, 0.2) is 0 Å². The highest BCUT2D eigenvalue weighted by Crippen LogP contribution is 2.33. The van der Waals surface area contributed by atoms with Gasteiger partial charge in [0.25, 0.3) is 6.43 Å². The normalized spacial score (nSPS) is 10.8. The van der Waals surface area contributed by atoms with Gasteiger partial charge < -0.3 is 11.1 Å². The second-order valence-electron chi connectivity index (χ2n) is 3.90. The highest BCUT2D eigenvalue weighted by molar-refractivity contribution is 9.10. The molecule has 0 amide bonds. The molecule has 3 N–H and O–H groups in total. The molecule has 2 aromatic carbocycles. The first-order valence-electron chi connectivity index (χ1n) is 5.37. The molecule has 0 spiro atoms. The largest absolute Gasteiger partial charge is 0.399 e. The van der Waals surface area contributed by atoms with Crippen LogP contribution in [0.2, 0.25) is 5.02 Å². The lowest BCUT2D eigenvalue weighted by atomic mass is 10.1. The highest BCUT2D eigenvalue weighted by Gasteiger charge is 2.13. The summed E-state index contributed by atoms with van der Waals surface area (Å²) in [5, 5.41) is 3.48. The van der Waals surface area contributed by atoms with E-state index in [-0.39, 0.29) is 5.56 Å². The topological polar surface area (TPSA) is 38.0 Å². The van der Waals surface area contributed by atoms with E-state index in [1.165, 1.54) is 12.1 Å². The van der Waals surface area contributed by atoms with E-state index in [1.54, 1.807) is 24.3 Å². The summed E-state index contributed by atoms with van der Waals surface area (Å²) in [6.45, 7) is 0. The standard InChI is InChI=1S/C13H10BrClF2N2/c14-10-6-8(2-3-11(10)15)19-12-4-1-7(18)5-9(12)13(16)17/h1-6,13,19H,18H2. The van der Waals surface area contributed by atoms with Crippen molar-refractivity contribution in [3.05, 3.63) is 51.5 Å². The fourth-order valence-electron chi connectivity index (χ4n) is 1.60. The lowest BCUT2D eigenvalue weighted by Gasteiger charge is -2.13. The van der Waals surface area contributed by atoms with Crippen molar-refractivity contribution >= 4 is 44.6 Å². The van der Waals surface area contributed by atoms with Crippen LogP contribution in [0.5, 0.6) is 0 Å². The van der Waals surface area contributed by atoms with E-state index >= 15 is 0 Å². The van der Waals surface area contributed by atoms with Crippen LogP contribution in [-0.4, -0.2) is 0 Å². The van der Waals surface area contributed by atoms with Crippen molar-refractivity contribution in [1.82, 2.24) is 0 Å². The van der Waals surface area contributed by atoms with Crippen molar-refractivity contribution < 1.29 is 8.78 Å². The molecule has 0 atom stereocenters. The molecule has 19 heavy (non-hydrogen) atoms. The molecule has 0 aliphatic heterocycles. The molecule has 0 aliphatic carbocycles. The minimum Gasteiger partial charge on any atom is -0.399 e. The minimum atomic E-state index is -2.60. The number of nitrogens with two attached hydrogens (primary N) is 1. The molecule has 0 fully saturated rings. The van der Waals surface area contributed by atoms with Crippen molar-refractivity contribution in [2.24, 2.45) is 0 Å². The van der Waals surface area contributed by atoms with E-state index in [4.69, 9.17) is 17.3 Å². The Bertz CT molecular complexity index is 605. The Morgan fingerprint density at radius 2 is 1.89 bits per heavy atom. The number of alkyl halides is 2. The zero-order chi connectivity index (χ0) is 14.0. The first-order chi connectivity index (χ1) is 8.97. The molecule has 0 radical (unpaired) electrons. The fraction of sp³-hybridized carbons (Fsp3) is 0.0769. The summed E-state index contributed by atoms with van der Waals surface area (Å²) in [6.07, 6.45) is -2.60. The maximum absolute atomic E-state index is 12.9. The highest BCUT2D eigenvalue weighted by atomic mass is 79.9. The summed E-state index contributed by atoms with van der Waals surface area (Å²) in [7, 11) is 0. The molecule has 0 heterocycles. The Kier molecular flexibility index (Phi) is 4.27. The predicted molar refractivity (Wildman–Crippen MR) is 78.2 cm³/mol. The molecule has 0 saturated carbocycles. The third-order valence-corrected chi connectivity index (χ3v) is 3.72. The average molecular weight is 348 g/mol.